The molecule has 2 rings (SSSR count). The highest BCUT2D eigenvalue weighted by Gasteiger charge is 2.14. The first-order chi connectivity index (χ1) is 8.20. The first-order valence-electron chi connectivity index (χ1n) is 4.99. The first kappa shape index (κ1) is 11.8. The van der Waals surface area contributed by atoms with Gasteiger partial charge >= 0.3 is 0 Å². The van der Waals surface area contributed by atoms with Crippen LogP contribution in [-0.2, 0) is 0 Å². The Morgan fingerprint density at radius 2 is 2.35 bits per heavy atom. The van der Waals surface area contributed by atoms with Crippen LogP contribution in [0, 0.1) is 12.3 Å². The first-order valence-corrected chi connectivity index (χ1v) is 5.78. The fraction of sp³-hybridized carbons (Fsp3) is 0.167. The predicted molar refractivity (Wildman–Crippen MR) is 67.8 cm³/mol. The second kappa shape index (κ2) is 5.13. The van der Waals surface area contributed by atoms with Gasteiger partial charge in [-0.2, -0.15) is 4.98 Å². The lowest BCUT2D eigenvalue weighted by Crippen LogP contribution is -2.09. The van der Waals surface area contributed by atoms with Gasteiger partial charge in [-0.15, -0.1) is 12.3 Å². The summed E-state index contributed by atoms with van der Waals surface area (Å²) in [6.07, 6.45) is 5.55. The minimum Gasteiger partial charge on any atom is -0.337 e. The lowest BCUT2D eigenvalue weighted by molar-refractivity contribution is 0.357. The largest absolute Gasteiger partial charge is 0.337 e. The van der Waals surface area contributed by atoms with Crippen molar-refractivity contribution in [1.82, 2.24) is 10.1 Å². The van der Waals surface area contributed by atoms with Gasteiger partial charge in [-0.25, -0.2) is 0 Å². The molecule has 0 aliphatic heterocycles. The van der Waals surface area contributed by atoms with Crippen LogP contribution in [0.4, 0.5) is 0 Å². The summed E-state index contributed by atoms with van der Waals surface area (Å²) in [5, 5.41) is 3.88. The van der Waals surface area contributed by atoms with Crippen molar-refractivity contribution in [2.45, 2.75) is 12.5 Å². The highest BCUT2D eigenvalue weighted by atomic mass is 79.9. The van der Waals surface area contributed by atoms with Gasteiger partial charge in [0.25, 0.3) is 0 Å². The molecule has 17 heavy (non-hydrogen) atoms. The normalized spacial score (nSPS) is 12.1. The summed E-state index contributed by atoms with van der Waals surface area (Å²) in [6, 6.07) is 7.21. The standard InChI is InChI=1S/C12H10BrN3O/c1-2-4-10(14)12-15-11(16-17-12)8-5-3-6-9(13)7-8/h1,3,5-7,10H,4,14H2. The number of halogens is 1. The molecule has 0 amide bonds. The van der Waals surface area contributed by atoms with Gasteiger partial charge in [0.1, 0.15) is 0 Å². The quantitative estimate of drug-likeness (QED) is 0.883. The molecule has 0 fully saturated rings. The van der Waals surface area contributed by atoms with Crippen LogP contribution in [0.2, 0.25) is 0 Å². The average Bonchev–Trinajstić information content (AvgIpc) is 2.78. The molecule has 0 spiro atoms. The van der Waals surface area contributed by atoms with Crippen molar-refractivity contribution in [3.8, 4) is 23.7 Å². The van der Waals surface area contributed by atoms with Gasteiger partial charge in [-0.3, -0.25) is 0 Å². The minimum atomic E-state index is -0.409. The van der Waals surface area contributed by atoms with Crippen molar-refractivity contribution < 1.29 is 4.52 Å². The van der Waals surface area contributed by atoms with E-state index in [1.54, 1.807) is 0 Å². The molecular formula is C12H10BrN3O. The lowest BCUT2D eigenvalue weighted by Gasteiger charge is -1.98. The van der Waals surface area contributed by atoms with Crippen LogP contribution < -0.4 is 5.73 Å². The van der Waals surface area contributed by atoms with Crippen molar-refractivity contribution in [2.75, 3.05) is 0 Å². The minimum absolute atomic E-state index is 0.359. The summed E-state index contributed by atoms with van der Waals surface area (Å²) in [5.74, 6) is 3.33. The van der Waals surface area contributed by atoms with Gasteiger partial charge in [-0.05, 0) is 12.1 Å². The Hall–Kier alpha value is -1.64. The number of hydrogen-bond donors (Lipinski definition) is 1. The molecule has 2 aromatic rings. The number of rotatable bonds is 3. The molecule has 1 aromatic carbocycles. The van der Waals surface area contributed by atoms with E-state index in [4.69, 9.17) is 16.7 Å². The van der Waals surface area contributed by atoms with Gasteiger partial charge < -0.3 is 10.3 Å². The Balaban J connectivity index is 2.27. The topological polar surface area (TPSA) is 64.9 Å². The van der Waals surface area contributed by atoms with Gasteiger partial charge in [-0.1, -0.05) is 33.2 Å². The summed E-state index contributed by atoms with van der Waals surface area (Å²) in [5.41, 5.74) is 6.64. The molecule has 0 radical (unpaired) electrons. The third-order valence-corrected chi connectivity index (χ3v) is 2.67. The lowest BCUT2D eigenvalue weighted by atomic mass is 10.2. The number of aromatic nitrogens is 2. The second-order valence-corrected chi connectivity index (χ2v) is 4.40. The predicted octanol–water partition coefficient (Wildman–Crippen LogP) is 2.52. The van der Waals surface area contributed by atoms with E-state index in [1.807, 2.05) is 24.3 Å². The summed E-state index contributed by atoms with van der Waals surface area (Å²) in [4.78, 5) is 4.22. The van der Waals surface area contributed by atoms with Gasteiger partial charge in [0, 0.05) is 16.5 Å². The zero-order valence-electron chi connectivity index (χ0n) is 8.93. The second-order valence-electron chi connectivity index (χ2n) is 3.48. The fourth-order valence-electron chi connectivity index (χ4n) is 1.34. The Kier molecular flexibility index (Phi) is 3.57. The molecule has 4 nitrogen and oxygen atoms in total. The maximum absolute atomic E-state index is 5.78. The molecule has 86 valence electrons. The van der Waals surface area contributed by atoms with Crippen molar-refractivity contribution in [3.63, 3.8) is 0 Å². The SMILES string of the molecule is C#CCC(N)c1nc(-c2cccc(Br)c2)no1. The molecule has 1 atom stereocenters. The number of terminal acetylenes is 1. The van der Waals surface area contributed by atoms with Crippen LogP contribution in [0.25, 0.3) is 11.4 Å². The molecule has 1 unspecified atom stereocenters. The molecule has 0 bridgehead atoms. The number of nitrogens with two attached hydrogens (primary N) is 1. The van der Waals surface area contributed by atoms with E-state index in [9.17, 15) is 0 Å². The molecule has 0 aliphatic carbocycles. The Bertz CT molecular complexity index is 559. The third-order valence-electron chi connectivity index (χ3n) is 2.18. The fourth-order valence-corrected chi connectivity index (χ4v) is 1.74. The highest BCUT2D eigenvalue weighted by molar-refractivity contribution is 9.10. The van der Waals surface area contributed by atoms with E-state index in [0.29, 0.717) is 18.1 Å². The molecule has 1 aromatic heterocycles. The van der Waals surface area contributed by atoms with Crippen molar-refractivity contribution in [3.05, 3.63) is 34.6 Å². The van der Waals surface area contributed by atoms with Crippen LogP contribution >= 0.6 is 15.9 Å². The maximum Gasteiger partial charge on any atom is 0.244 e. The van der Waals surface area contributed by atoms with Crippen molar-refractivity contribution >= 4 is 15.9 Å². The summed E-state index contributed by atoms with van der Waals surface area (Å²) in [7, 11) is 0. The van der Waals surface area contributed by atoms with E-state index in [1.165, 1.54) is 0 Å². The van der Waals surface area contributed by atoms with Gasteiger partial charge in [0.05, 0.1) is 6.04 Å². The van der Waals surface area contributed by atoms with Crippen LogP contribution in [0.5, 0.6) is 0 Å². The molecular weight excluding hydrogens is 282 g/mol. The van der Waals surface area contributed by atoms with Crippen LogP contribution in [-0.4, -0.2) is 10.1 Å². The van der Waals surface area contributed by atoms with Crippen molar-refractivity contribution in [2.24, 2.45) is 5.73 Å². The van der Waals surface area contributed by atoms with E-state index in [0.717, 1.165) is 10.0 Å². The van der Waals surface area contributed by atoms with Crippen LogP contribution in [0.15, 0.2) is 33.3 Å². The van der Waals surface area contributed by atoms with Crippen LogP contribution in [0.1, 0.15) is 18.4 Å². The third kappa shape index (κ3) is 2.73. The number of nitrogens with zero attached hydrogens (tertiary/aromatic N) is 2. The molecule has 2 N–H and O–H groups in total. The smallest absolute Gasteiger partial charge is 0.244 e. The average molecular weight is 292 g/mol. The number of hydrogen-bond acceptors (Lipinski definition) is 4. The maximum atomic E-state index is 5.78. The van der Waals surface area contributed by atoms with E-state index in [-0.39, 0.29) is 0 Å². The Morgan fingerprint density at radius 3 is 3.06 bits per heavy atom. The molecule has 0 saturated carbocycles. The molecule has 1 heterocycles. The van der Waals surface area contributed by atoms with E-state index < -0.39 is 6.04 Å². The molecule has 0 saturated heterocycles. The molecule has 5 heteroatoms. The van der Waals surface area contributed by atoms with Gasteiger partial charge in [0.2, 0.25) is 11.7 Å². The Morgan fingerprint density at radius 1 is 1.53 bits per heavy atom. The monoisotopic (exact) mass is 291 g/mol. The highest BCUT2D eigenvalue weighted by Crippen LogP contribution is 2.22. The zero-order chi connectivity index (χ0) is 12.3. The van der Waals surface area contributed by atoms with E-state index >= 15 is 0 Å². The van der Waals surface area contributed by atoms with E-state index in [2.05, 4.69) is 32.0 Å². The van der Waals surface area contributed by atoms with Crippen molar-refractivity contribution in [1.29, 1.82) is 0 Å². The summed E-state index contributed by atoms with van der Waals surface area (Å²) >= 11 is 3.38. The molecule has 0 aliphatic rings. The van der Waals surface area contributed by atoms with Gasteiger partial charge in [0.15, 0.2) is 0 Å². The summed E-state index contributed by atoms with van der Waals surface area (Å²) < 4.78 is 6.03. The van der Waals surface area contributed by atoms with Crippen LogP contribution in [0.3, 0.4) is 0 Å². The zero-order valence-corrected chi connectivity index (χ0v) is 10.5. The Labute approximate surface area is 107 Å². The summed E-state index contributed by atoms with van der Waals surface area (Å²) in [6.45, 7) is 0. The number of benzene rings is 1.